The molecule has 1 heterocycles. The van der Waals surface area contributed by atoms with Gasteiger partial charge in [-0.25, -0.2) is 9.59 Å². The fourth-order valence-corrected chi connectivity index (χ4v) is 1.28. The summed E-state index contributed by atoms with van der Waals surface area (Å²) < 4.78 is 9.69. The Morgan fingerprint density at radius 3 is 2.69 bits per heavy atom. The van der Waals surface area contributed by atoms with Gasteiger partial charge in [-0.3, -0.25) is 0 Å². The Balaban J connectivity index is 2.52. The third-order valence-electron chi connectivity index (χ3n) is 1.97. The third-order valence-corrected chi connectivity index (χ3v) is 1.97. The van der Waals surface area contributed by atoms with Gasteiger partial charge in [0.05, 0.1) is 12.7 Å². The molecule has 6 heteroatoms. The molecule has 6 nitrogen and oxygen atoms in total. The van der Waals surface area contributed by atoms with E-state index in [1.165, 1.54) is 0 Å². The maximum absolute atomic E-state index is 11.4. The van der Waals surface area contributed by atoms with E-state index in [1.807, 2.05) is 0 Å². The molecule has 2 N–H and O–H groups in total. The molecule has 1 amide bonds. The van der Waals surface area contributed by atoms with Crippen molar-refractivity contribution in [2.24, 2.45) is 0 Å². The van der Waals surface area contributed by atoms with Gasteiger partial charge in [-0.2, -0.15) is 0 Å². The van der Waals surface area contributed by atoms with Gasteiger partial charge < -0.3 is 19.9 Å². The van der Waals surface area contributed by atoms with Crippen LogP contribution in [-0.4, -0.2) is 41.5 Å². The molecule has 1 fully saturated rings. The number of aliphatic hydroxyl groups is 1. The standard InChI is InChI=1S/C10H17NO5/c1-10(2,3)16-9(14)11-7-6(12)4-5-15-8(7)13/h6-7,12H,4-5H2,1-3H3,(H,11,14). The lowest BCUT2D eigenvalue weighted by atomic mass is 10.1. The number of hydrogen-bond donors (Lipinski definition) is 2. The van der Waals surface area contributed by atoms with Crippen LogP contribution in [0.3, 0.4) is 0 Å². The van der Waals surface area contributed by atoms with Crippen LogP contribution in [0.5, 0.6) is 0 Å². The summed E-state index contributed by atoms with van der Waals surface area (Å²) in [5.41, 5.74) is -0.645. The van der Waals surface area contributed by atoms with Crippen molar-refractivity contribution in [3.63, 3.8) is 0 Å². The average Bonchev–Trinajstić information content (AvgIpc) is 2.08. The highest BCUT2D eigenvalue weighted by atomic mass is 16.6. The summed E-state index contributed by atoms with van der Waals surface area (Å²) >= 11 is 0. The van der Waals surface area contributed by atoms with E-state index in [4.69, 9.17) is 9.47 Å². The number of esters is 1. The van der Waals surface area contributed by atoms with Crippen LogP contribution in [0.1, 0.15) is 27.2 Å². The first kappa shape index (κ1) is 12.8. The maximum atomic E-state index is 11.4. The molecular formula is C10H17NO5. The van der Waals surface area contributed by atoms with Crippen LogP contribution in [0.15, 0.2) is 0 Å². The van der Waals surface area contributed by atoms with Crippen LogP contribution in [0.25, 0.3) is 0 Å². The molecular weight excluding hydrogens is 214 g/mol. The first-order valence-corrected chi connectivity index (χ1v) is 5.14. The summed E-state index contributed by atoms with van der Waals surface area (Å²) in [7, 11) is 0. The number of rotatable bonds is 1. The molecule has 0 aromatic heterocycles. The molecule has 0 aromatic carbocycles. The largest absolute Gasteiger partial charge is 0.464 e. The fourth-order valence-electron chi connectivity index (χ4n) is 1.28. The van der Waals surface area contributed by atoms with Gasteiger partial charge in [0.25, 0.3) is 0 Å². The van der Waals surface area contributed by atoms with E-state index in [1.54, 1.807) is 20.8 Å². The Labute approximate surface area is 93.9 Å². The molecule has 2 unspecified atom stereocenters. The number of amides is 1. The SMILES string of the molecule is CC(C)(C)OC(=O)NC1C(=O)OCCC1O. The third kappa shape index (κ3) is 3.69. The second kappa shape index (κ2) is 4.69. The smallest absolute Gasteiger partial charge is 0.408 e. The maximum Gasteiger partial charge on any atom is 0.408 e. The van der Waals surface area contributed by atoms with Gasteiger partial charge in [0.1, 0.15) is 5.60 Å². The van der Waals surface area contributed by atoms with Gasteiger partial charge in [-0.05, 0) is 20.8 Å². The van der Waals surface area contributed by atoms with E-state index >= 15 is 0 Å². The number of alkyl carbamates (subject to hydrolysis) is 1. The molecule has 0 aliphatic carbocycles. The Hall–Kier alpha value is -1.30. The zero-order valence-corrected chi connectivity index (χ0v) is 9.65. The summed E-state index contributed by atoms with van der Waals surface area (Å²) in [6, 6.07) is -1.04. The molecule has 1 aliphatic rings. The minimum atomic E-state index is -1.04. The van der Waals surface area contributed by atoms with Crippen molar-refractivity contribution in [1.29, 1.82) is 0 Å². The number of carbonyl (C=O) groups excluding carboxylic acids is 2. The Kier molecular flexibility index (Phi) is 3.74. The number of hydrogen-bond acceptors (Lipinski definition) is 5. The van der Waals surface area contributed by atoms with Crippen molar-refractivity contribution in [3.05, 3.63) is 0 Å². The van der Waals surface area contributed by atoms with Gasteiger partial charge >= 0.3 is 12.1 Å². The molecule has 0 spiro atoms. The molecule has 0 bridgehead atoms. The topological polar surface area (TPSA) is 84.9 Å². The van der Waals surface area contributed by atoms with Gasteiger partial charge in [0.15, 0.2) is 6.04 Å². The number of cyclic esters (lactones) is 1. The Morgan fingerprint density at radius 2 is 2.19 bits per heavy atom. The minimum absolute atomic E-state index is 0.173. The van der Waals surface area contributed by atoms with Crippen LogP contribution >= 0.6 is 0 Å². The zero-order chi connectivity index (χ0) is 12.3. The van der Waals surface area contributed by atoms with E-state index < -0.39 is 29.8 Å². The highest BCUT2D eigenvalue weighted by Crippen LogP contribution is 2.11. The predicted octanol–water partition coefficient (Wildman–Crippen LogP) is 0.187. The number of aliphatic hydroxyl groups excluding tert-OH is 1. The summed E-state index contributed by atoms with van der Waals surface area (Å²) in [5.74, 6) is -0.635. The van der Waals surface area contributed by atoms with E-state index in [0.29, 0.717) is 6.42 Å². The Morgan fingerprint density at radius 1 is 1.56 bits per heavy atom. The van der Waals surface area contributed by atoms with Crippen molar-refractivity contribution >= 4 is 12.1 Å². The predicted molar refractivity (Wildman–Crippen MR) is 54.7 cm³/mol. The first-order chi connectivity index (χ1) is 7.29. The van der Waals surface area contributed by atoms with Gasteiger partial charge in [0, 0.05) is 6.42 Å². The average molecular weight is 231 g/mol. The van der Waals surface area contributed by atoms with Crippen molar-refractivity contribution < 1.29 is 24.2 Å². The lowest BCUT2D eigenvalue weighted by molar-refractivity contribution is -0.156. The van der Waals surface area contributed by atoms with Crippen LogP contribution in [0, 0.1) is 0 Å². The Bertz CT molecular complexity index is 283. The number of carbonyl (C=O) groups is 2. The van der Waals surface area contributed by atoms with Crippen molar-refractivity contribution in [3.8, 4) is 0 Å². The molecule has 92 valence electrons. The quantitative estimate of drug-likeness (QED) is 0.629. The molecule has 0 saturated carbocycles. The lowest BCUT2D eigenvalue weighted by Crippen LogP contribution is -2.53. The second-order valence-corrected chi connectivity index (χ2v) is 4.65. The fraction of sp³-hybridized carbons (Fsp3) is 0.800. The molecule has 1 aliphatic heterocycles. The zero-order valence-electron chi connectivity index (χ0n) is 9.65. The van der Waals surface area contributed by atoms with Gasteiger partial charge in [-0.15, -0.1) is 0 Å². The molecule has 0 radical (unpaired) electrons. The summed E-state index contributed by atoms with van der Waals surface area (Å²) in [6.45, 7) is 5.30. The molecule has 0 aromatic rings. The summed E-state index contributed by atoms with van der Waals surface area (Å²) in [4.78, 5) is 22.6. The van der Waals surface area contributed by atoms with Crippen molar-refractivity contribution in [1.82, 2.24) is 5.32 Å². The van der Waals surface area contributed by atoms with Crippen LogP contribution in [0.4, 0.5) is 4.79 Å². The molecule has 2 atom stereocenters. The van der Waals surface area contributed by atoms with E-state index in [2.05, 4.69) is 5.32 Å². The van der Waals surface area contributed by atoms with Gasteiger partial charge in [0.2, 0.25) is 0 Å². The van der Waals surface area contributed by atoms with Crippen LogP contribution in [-0.2, 0) is 14.3 Å². The number of nitrogens with one attached hydrogen (secondary N) is 1. The normalized spacial score (nSPS) is 25.9. The molecule has 16 heavy (non-hydrogen) atoms. The minimum Gasteiger partial charge on any atom is -0.464 e. The van der Waals surface area contributed by atoms with E-state index in [9.17, 15) is 14.7 Å². The van der Waals surface area contributed by atoms with Gasteiger partial charge in [-0.1, -0.05) is 0 Å². The summed E-state index contributed by atoms with van der Waals surface area (Å²) in [6.07, 6.45) is -1.35. The van der Waals surface area contributed by atoms with Crippen LogP contribution in [0.2, 0.25) is 0 Å². The van der Waals surface area contributed by atoms with Crippen molar-refractivity contribution in [2.75, 3.05) is 6.61 Å². The highest BCUT2D eigenvalue weighted by Gasteiger charge is 2.34. The highest BCUT2D eigenvalue weighted by molar-refractivity contribution is 5.82. The first-order valence-electron chi connectivity index (χ1n) is 5.14. The monoisotopic (exact) mass is 231 g/mol. The summed E-state index contributed by atoms with van der Waals surface area (Å²) in [5, 5.41) is 11.8. The second-order valence-electron chi connectivity index (χ2n) is 4.65. The van der Waals surface area contributed by atoms with E-state index in [0.717, 1.165) is 0 Å². The molecule has 1 saturated heterocycles. The van der Waals surface area contributed by atoms with Crippen LogP contribution < -0.4 is 5.32 Å². The number of ether oxygens (including phenoxy) is 2. The van der Waals surface area contributed by atoms with E-state index in [-0.39, 0.29) is 6.61 Å². The van der Waals surface area contributed by atoms with Crippen molar-refractivity contribution in [2.45, 2.75) is 44.9 Å². The molecule has 1 rings (SSSR count). The lowest BCUT2D eigenvalue weighted by Gasteiger charge is -2.28.